The molecule has 0 atom stereocenters. The van der Waals surface area contributed by atoms with Gasteiger partial charge in [0.05, 0.1) is 0 Å². The van der Waals surface area contributed by atoms with E-state index in [1.807, 2.05) is 13.1 Å². The molecule has 3 rings (SSSR count). The van der Waals surface area contributed by atoms with Crippen molar-refractivity contribution in [3.8, 4) is 11.5 Å². The molecule has 18 heavy (non-hydrogen) atoms. The predicted molar refractivity (Wildman–Crippen MR) is 68.1 cm³/mol. The van der Waals surface area contributed by atoms with E-state index in [1.165, 1.54) is 5.56 Å². The van der Waals surface area contributed by atoms with Crippen LogP contribution in [0.5, 0.6) is 11.5 Å². The second-order valence-electron chi connectivity index (χ2n) is 5.01. The smallest absolute Gasteiger partial charge is 0.231 e. The van der Waals surface area contributed by atoms with Gasteiger partial charge in [-0.3, -0.25) is 0 Å². The SMILES string of the molecule is CNC1(Cc2ccc3c(c2)OCO3)CCOCC1. The summed E-state index contributed by atoms with van der Waals surface area (Å²) in [6.45, 7) is 2.01. The van der Waals surface area contributed by atoms with Gasteiger partial charge < -0.3 is 19.5 Å². The van der Waals surface area contributed by atoms with Gasteiger partial charge in [-0.25, -0.2) is 0 Å². The normalized spacial score (nSPS) is 20.9. The van der Waals surface area contributed by atoms with Gasteiger partial charge in [0.2, 0.25) is 6.79 Å². The van der Waals surface area contributed by atoms with Crippen LogP contribution in [-0.2, 0) is 11.2 Å². The fourth-order valence-electron chi connectivity index (χ4n) is 2.72. The van der Waals surface area contributed by atoms with Gasteiger partial charge in [0.25, 0.3) is 0 Å². The highest BCUT2D eigenvalue weighted by molar-refractivity contribution is 5.44. The number of hydrogen-bond acceptors (Lipinski definition) is 4. The minimum atomic E-state index is 0.159. The Morgan fingerprint density at radius 1 is 1.17 bits per heavy atom. The Balaban J connectivity index is 1.78. The lowest BCUT2D eigenvalue weighted by atomic mass is 9.84. The van der Waals surface area contributed by atoms with E-state index in [0.29, 0.717) is 6.79 Å². The fraction of sp³-hybridized carbons (Fsp3) is 0.571. The van der Waals surface area contributed by atoms with E-state index < -0.39 is 0 Å². The van der Waals surface area contributed by atoms with Crippen LogP contribution < -0.4 is 14.8 Å². The zero-order chi connectivity index (χ0) is 12.4. The summed E-state index contributed by atoms with van der Waals surface area (Å²) in [4.78, 5) is 0. The molecule has 2 aliphatic rings. The highest BCUT2D eigenvalue weighted by Gasteiger charge is 2.31. The topological polar surface area (TPSA) is 39.7 Å². The average molecular weight is 249 g/mol. The van der Waals surface area contributed by atoms with Gasteiger partial charge in [0, 0.05) is 18.8 Å². The molecule has 0 spiro atoms. The van der Waals surface area contributed by atoms with Crippen molar-refractivity contribution >= 4 is 0 Å². The van der Waals surface area contributed by atoms with Gasteiger partial charge in [-0.1, -0.05) is 6.07 Å². The third kappa shape index (κ3) is 2.18. The summed E-state index contributed by atoms with van der Waals surface area (Å²) in [6, 6.07) is 6.22. The molecular weight excluding hydrogens is 230 g/mol. The first kappa shape index (κ1) is 11.8. The summed E-state index contributed by atoms with van der Waals surface area (Å²) in [6.07, 6.45) is 3.11. The van der Waals surface area contributed by atoms with Gasteiger partial charge >= 0.3 is 0 Å². The van der Waals surface area contributed by atoms with Gasteiger partial charge in [-0.2, -0.15) is 0 Å². The highest BCUT2D eigenvalue weighted by atomic mass is 16.7. The van der Waals surface area contributed by atoms with Crippen LogP contribution in [0.2, 0.25) is 0 Å². The van der Waals surface area contributed by atoms with Crippen LogP contribution in [0.1, 0.15) is 18.4 Å². The molecule has 2 aliphatic heterocycles. The Morgan fingerprint density at radius 3 is 2.72 bits per heavy atom. The summed E-state index contributed by atoms with van der Waals surface area (Å²) < 4.78 is 16.2. The molecule has 2 heterocycles. The molecule has 0 aliphatic carbocycles. The van der Waals surface area contributed by atoms with Crippen molar-refractivity contribution in [2.45, 2.75) is 24.8 Å². The number of ether oxygens (including phenoxy) is 3. The lowest BCUT2D eigenvalue weighted by Gasteiger charge is -2.37. The van der Waals surface area contributed by atoms with E-state index in [2.05, 4.69) is 17.4 Å². The van der Waals surface area contributed by atoms with Crippen LogP contribution in [0, 0.1) is 0 Å². The number of hydrogen-bond donors (Lipinski definition) is 1. The number of nitrogens with one attached hydrogen (secondary N) is 1. The number of likely N-dealkylation sites (N-methyl/N-ethyl adjacent to an activating group) is 1. The Bertz CT molecular complexity index is 427. The second-order valence-corrected chi connectivity index (χ2v) is 5.01. The molecule has 4 heteroatoms. The van der Waals surface area contributed by atoms with E-state index in [0.717, 1.165) is 44.0 Å². The van der Waals surface area contributed by atoms with Crippen molar-refractivity contribution in [3.63, 3.8) is 0 Å². The van der Waals surface area contributed by atoms with Crippen molar-refractivity contribution in [1.82, 2.24) is 5.32 Å². The fourth-order valence-corrected chi connectivity index (χ4v) is 2.72. The quantitative estimate of drug-likeness (QED) is 0.885. The maximum atomic E-state index is 5.45. The van der Waals surface area contributed by atoms with Crippen molar-refractivity contribution < 1.29 is 14.2 Å². The van der Waals surface area contributed by atoms with E-state index in [4.69, 9.17) is 14.2 Å². The third-order valence-corrected chi connectivity index (χ3v) is 3.96. The molecule has 0 amide bonds. The number of benzene rings is 1. The van der Waals surface area contributed by atoms with Crippen LogP contribution in [-0.4, -0.2) is 32.6 Å². The lowest BCUT2D eigenvalue weighted by molar-refractivity contribution is 0.0413. The van der Waals surface area contributed by atoms with E-state index in [9.17, 15) is 0 Å². The van der Waals surface area contributed by atoms with Crippen LogP contribution in [0.4, 0.5) is 0 Å². The Kier molecular flexibility index (Phi) is 3.14. The Hall–Kier alpha value is -1.26. The van der Waals surface area contributed by atoms with Gasteiger partial charge in [-0.05, 0) is 44.0 Å². The van der Waals surface area contributed by atoms with Crippen molar-refractivity contribution in [1.29, 1.82) is 0 Å². The minimum absolute atomic E-state index is 0.159. The summed E-state index contributed by atoms with van der Waals surface area (Å²) in [5, 5.41) is 3.48. The molecular formula is C14H19NO3. The first-order valence-corrected chi connectivity index (χ1v) is 6.47. The summed E-state index contributed by atoms with van der Waals surface area (Å²) in [5.74, 6) is 1.72. The number of fused-ring (bicyclic) bond motifs is 1. The van der Waals surface area contributed by atoms with E-state index >= 15 is 0 Å². The largest absolute Gasteiger partial charge is 0.454 e. The van der Waals surface area contributed by atoms with Crippen LogP contribution in [0.25, 0.3) is 0 Å². The molecule has 0 saturated carbocycles. The molecule has 0 aromatic heterocycles. The molecule has 0 unspecified atom stereocenters. The molecule has 98 valence electrons. The second kappa shape index (κ2) is 4.78. The standard InChI is InChI=1S/C14H19NO3/c1-15-14(4-6-16-7-5-14)9-11-2-3-12-13(8-11)18-10-17-12/h2-3,8,15H,4-7,9-10H2,1H3. The van der Waals surface area contributed by atoms with E-state index in [-0.39, 0.29) is 5.54 Å². The molecule has 1 fully saturated rings. The van der Waals surface area contributed by atoms with Crippen molar-refractivity contribution in [2.75, 3.05) is 27.1 Å². The monoisotopic (exact) mass is 249 g/mol. The van der Waals surface area contributed by atoms with Crippen LogP contribution in [0.15, 0.2) is 18.2 Å². The zero-order valence-corrected chi connectivity index (χ0v) is 10.7. The third-order valence-electron chi connectivity index (χ3n) is 3.96. The molecule has 1 saturated heterocycles. The summed E-state index contributed by atoms with van der Waals surface area (Å²) in [5.41, 5.74) is 1.45. The van der Waals surface area contributed by atoms with Gasteiger partial charge in [-0.15, -0.1) is 0 Å². The van der Waals surface area contributed by atoms with Crippen molar-refractivity contribution in [2.24, 2.45) is 0 Å². The maximum absolute atomic E-state index is 5.45. The summed E-state index contributed by atoms with van der Waals surface area (Å²) >= 11 is 0. The van der Waals surface area contributed by atoms with E-state index in [1.54, 1.807) is 0 Å². The van der Waals surface area contributed by atoms with Crippen LogP contribution in [0.3, 0.4) is 0 Å². The molecule has 1 aromatic rings. The lowest BCUT2D eigenvalue weighted by Crippen LogP contribution is -2.49. The molecule has 4 nitrogen and oxygen atoms in total. The minimum Gasteiger partial charge on any atom is -0.454 e. The highest BCUT2D eigenvalue weighted by Crippen LogP contribution is 2.34. The molecule has 0 bridgehead atoms. The number of rotatable bonds is 3. The first-order chi connectivity index (χ1) is 8.81. The van der Waals surface area contributed by atoms with Gasteiger partial charge in [0.1, 0.15) is 0 Å². The molecule has 1 aromatic carbocycles. The first-order valence-electron chi connectivity index (χ1n) is 6.47. The Labute approximate surface area is 107 Å². The van der Waals surface area contributed by atoms with Crippen molar-refractivity contribution in [3.05, 3.63) is 23.8 Å². The van der Waals surface area contributed by atoms with Crippen LogP contribution >= 0.6 is 0 Å². The molecule has 1 N–H and O–H groups in total. The Morgan fingerprint density at radius 2 is 1.94 bits per heavy atom. The van der Waals surface area contributed by atoms with Gasteiger partial charge in [0.15, 0.2) is 11.5 Å². The summed E-state index contributed by atoms with van der Waals surface area (Å²) in [7, 11) is 2.04. The maximum Gasteiger partial charge on any atom is 0.231 e. The molecule has 0 radical (unpaired) electrons. The average Bonchev–Trinajstić information content (AvgIpc) is 2.87. The predicted octanol–water partition coefficient (Wildman–Crippen LogP) is 1.73. The zero-order valence-electron chi connectivity index (χ0n) is 10.7.